The Morgan fingerprint density at radius 3 is 2.89 bits per heavy atom. The monoisotopic (exact) mass is 331 g/mol. The van der Waals surface area contributed by atoms with Crippen molar-refractivity contribution in [2.75, 3.05) is 0 Å². The normalized spacial score (nSPS) is 11.7. The van der Waals surface area contributed by atoms with Crippen molar-refractivity contribution in [2.45, 2.75) is 19.4 Å². The lowest BCUT2D eigenvalue weighted by Crippen LogP contribution is -2.42. The van der Waals surface area contributed by atoms with E-state index in [2.05, 4.69) is 31.2 Å². The number of amides is 1. The van der Waals surface area contributed by atoms with Crippen LogP contribution in [0.5, 0.6) is 0 Å². The summed E-state index contributed by atoms with van der Waals surface area (Å²) in [7, 11) is 0. The fraction of sp³-hybridized carbons (Fsp3) is 0.300. The predicted molar refractivity (Wildman–Crippen MR) is 72.1 cm³/mol. The number of halogens is 1. The lowest BCUT2D eigenvalue weighted by molar-refractivity contribution is 0.181. The van der Waals surface area contributed by atoms with Crippen LogP contribution in [0.3, 0.4) is 0 Å². The van der Waals surface area contributed by atoms with E-state index >= 15 is 0 Å². The first-order valence-corrected chi connectivity index (χ1v) is 6.61. The highest BCUT2D eigenvalue weighted by atomic mass is 79.9. The van der Waals surface area contributed by atoms with Gasteiger partial charge in [0.1, 0.15) is 10.5 Å². The summed E-state index contributed by atoms with van der Waals surface area (Å²) in [6.45, 7) is 3.26. The van der Waals surface area contributed by atoms with Crippen LogP contribution >= 0.6 is 27.3 Å². The molecule has 0 aliphatic heterocycles. The topological polar surface area (TPSA) is 95.1 Å². The van der Waals surface area contributed by atoms with Gasteiger partial charge in [-0.15, -0.1) is 11.3 Å². The zero-order valence-corrected chi connectivity index (χ0v) is 12.0. The minimum atomic E-state index is -1.17. The SMILES string of the molecule is CC(C)(NC(=O)O)c1nc2cc(Br)sc2c(=O)[nH]1. The van der Waals surface area contributed by atoms with Crippen molar-refractivity contribution in [1.29, 1.82) is 0 Å². The fourth-order valence-corrected chi connectivity index (χ4v) is 2.95. The molecule has 2 aromatic heterocycles. The van der Waals surface area contributed by atoms with Gasteiger partial charge in [-0.25, -0.2) is 9.78 Å². The minimum Gasteiger partial charge on any atom is -0.465 e. The first kappa shape index (κ1) is 13.0. The molecule has 96 valence electrons. The lowest BCUT2D eigenvalue weighted by atomic mass is 10.1. The Hall–Kier alpha value is -1.41. The van der Waals surface area contributed by atoms with Gasteiger partial charge in [0.15, 0.2) is 0 Å². The Labute approximate surface area is 114 Å². The lowest BCUT2D eigenvalue weighted by Gasteiger charge is -2.23. The van der Waals surface area contributed by atoms with Crippen LogP contribution in [-0.2, 0) is 5.54 Å². The molecule has 0 saturated carbocycles. The molecule has 2 aromatic rings. The van der Waals surface area contributed by atoms with Crippen LogP contribution in [0.25, 0.3) is 10.2 Å². The fourth-order valence-electron chi connectivity index (χ4n) is 1.53. The molecule has 0 unspecified atom stereocenters. The Bertz CT molecular complexity index is 677. The van der Waals surface area contributed by atoms with Crippen molar-refractivity contribution in [2.24, 2.45) is 0 Å². The van der Waals surface area contributed by atoms with E-state index in [0.717, 1.165) is 3.79 Å². The molecule has 0 aromatic carbocycles. The molecule has 0 bridgehead atoms. The number of H-pyrrole nitrogens is 1. The van der Waals surface area contributed by atoms with Gasteiger partial charge in [-0.3, -0.25) is 4.79 Å². The van der Waals surface area contributed by atoms with Gasteiger partial charge in [0.25, 0.3) is 5.56 Å². The van der Waals surface area contributed by atoms with Gasteiger partial charge in [-0.05, 0) is 35.8 Å². The molecule has 2 heterocycles. The Morgan fingerprint density at radius 2 is 2.28 bits per heavy atom. The van der Waals surface area contributed by atoms with Gasteiger partial charge in [-0.2, -0.15) is 0 Å². The number of aromatic amines is 1. The Kier molecular flexibility index (Phi) is 3.16. The number of rotatable bonds is 2. The van der Waals surface area contributed by atoms with E-state index in [0.29, 0.717) is 10.2 Å². The predicted octanol–water partition coefficient (Wildman–Crippen LogP) is 2.25. The molecule has 2 rings (SSSR count). The molecule has 0 spiro atoms. The smallest absolute Gasteiger partial charge is 0.405 e. The Balaban J connectivity index is 2.58. The van der Waals surface area contributed by atoms with Gasteiger partial charge >= 0.3 is 6.09 Å². The summed E-state index contributed by atoms with van der Waals surface area (Å²) in [5.41, 5.74) is -0.690. The van der Waals surface area contributed by atoms with E-state index in [1.165, 1.54) is 11.3 Å². The third-order valence-electron chi connectivity index (χ3n) is 2.36. The zero-order valence-electron chi connectivity index (χ0n) is 9.57. The molecule has 0 radical (unpaired) electrons. The number of carboxylic acid groups (broad SMARTS) is 1. The van der Waals surface area contributed by atoms with Gasteiger partial charge < -0.3 is 15.4 Å². The number of carbonyl (C=O) groups is 1. The van der Waals surface area contributed by atoms with Crippen LogP contribution in [0.1, 0.15) is 19.7 Å². The highest BCUT2D eigenvalue weighted by Crippen LogP contribution is 2.27. The molecule has 0 fully saturated rings. The van der Waals surface area contributed by atoms with Crippen LogP contribution in [0.15, 0.2) is 14.6 Å². The zero-order chi connectivity index (χ0) is 13.5. The van der Waals surface area contributed by atoms with Crippen molar-refractivity contribution >= 4 is 43.6 Å². The second-order valence-electron chi connectivity index (χ2n) is 4.23. The van der Waals surface area contributed by atoms with Crippen molar-refractivity contribution in [3.05, 3.63) is 26.0 Å². The molecule has 6 nitrogen and oxygen atoms in total. The maximum Gasteiger partial charge on any atom is 0.405 e. The summed E-state index contributed by atoms with van der Waals surface area (Å²) in [5.74, 6) is 0.285. The highest BCUT2D eigenvalue weighted by Gasteiger charge is 2.26. The van der Waals surface area contributed by atoms with Crippen LogP contribution in [0, 0.1) is 0 Å². The van der Waals surface area contributed by atoms with Crippen LogP contribution in [0.2, 0.25) is 0 Å². The van der Waals surface area contributed by atoms with Crippen LogP contribution in [-0.4, -0.2) is 21.2 Å². The van der Waals surface area contributed by atoms with Gasteiger partial charge in [-0.1, -0.05) is 0 Å². The molecule has 1 amide bonds. The van der Waals surface area contributed by atoms with Crippen molar-refractivity contribution < 1.29 is 9.90 Å². The highest BCUT2D eigenvalue weighted by molar-refractivity contribution is 9.11. The van der Waals surface area contributed by atoms with Gasteiger partial charge in [0.05, 0.1) is 14.8 Å². The number of fused-ring (bicyclic) bond motifs is 1. The molecule has 0 aliphatic rings. The molecule has 0 saturated heterocycles. The first-order chi connectivity index (χ1) is 8.29. The standard InChI is InChI=1S/C10H10BrN3O3S/c1-10(2,14-9(16)17)8-12-4-3-5(11)18-6(4)7(15)13-8/h3,14H,1-2H3,(H,16,17)(H,12,13,15). The third-order valence-corrected chi connectivity index (χ3v) is 3.99. The number of aromatic nitrogens is 2. The molecule has 8 heteroatoms. The maximum absolute atomic E-state index is 11.9. The molecule has 18 heavy (non-hydrogen) atoms. The van der Waals surface area contributed by atoms with E-state index < -0.39 is 11.6 Å². The van der Waals surface area contributed by atoms with Crippen molar-refractivity contribution in [3.63, 3.8) is 0 Å². The van der Waals surface area contributed by atoms with Crippen molar-refractivity contribution in [1.82, 2.24) is 15.3 Å². The van der Waals surface area contributed by atoms with E-state index in [-0.39, 0.29) is 11.4 Å². The quantitative estimate of drug-likeness (QED) is 0.786. The van der Waals surface area contributed by atoms with Crippen molar-refractivity contribution in [3.8, 4) is 0 Å². The van der Waals surface area contributed by atoms with Crippen LogP contribution < -0.4 is 10.9 Å². The van der Waals surface area contributed by atoms with Crippen LogP contribution in [0.4, 0.5) is 4.79 Å². The average molecular weight is 332 g/mol. The van der Waals surface area contributed by atoms with E-state index in [1.807, 2.05) is 0 Å². The summed E-state index contributed by atoms with van der Waals surface area (Å²) >= 11 is 4.58. The second-order valence-corrected chi connectivity index (χ2v) is 6.67. The largest absolute Gasteiger partial charge is 0.465 e. The van der Waals surface area contributed by atoms with E-state index in [9.17, 15) is 9.59 Å². The van der Waals surface area contributed by atoms with Gasteiger partial charge in [0, 0.05) is 0 Å². The second kappa shape index (κ2) is 4.36. The van der Waals surface area contributed by atoms with E-state index in [4.69, 9.17) is 5.11 Å². The first-order valence-electron chi connectivity index (χ1n) is 5.00. The summed E-state index contributed by atoms with van der Waals surface area (Å²) in [5, 5.41) is 11.1. The number of hydrogen-bond acceptors (Lipinski definition) is 4. The number of nitrogens with one attached hydrogen (secondary N) is 2. The summed E-state index contributed by atoms with van der Waals surface area (Å²) in [4.78, 5) is 29.5. The number of nitrogens with zero attached hydrogens (tertiary/aromatic N) is 1. The Morgan fingerprint density at radius 1 is 1.61 bits per heavy atom. The summed E-state index contributed by atoms with van der Waals surface area (Å²) in [6, 6.07) is 1.73. The molecule has 0 aliphatic carbocycles. The number of thiophene rings is 1. The maximum atomic E-state index is 11.9. The summed E-state index contributed by atoms with van der Waals surface area (Å²) < 4.78 is 1.31. The molecular weight excluding hydrogens is 322 g/mol. The third kappa shape index (κ3) is 2.39. The minimum absolute atomic E-state index is 0.272. The molecule has 3 N–H and O–H groups in total. The molecular formula is C10H10BrN3O3S. The number of hydrogen-bond donors (Lipinski definition) is 3. The molecule has 0 atom stereocenters. The average Bonchev–Trinajstić information content (AvgIpc) is 2.57. The van der Waals surface area contributed by atoms with E-state index in [1.54, 1.807) is 19.9 Å². The van der Waals surface area contributed by atoms with Gasteiger partial charge in [0.2, 0.25) is 0 Å². The summed E-state index contributed by atoms with van der Waals surface area (Å²) in [6.07, 6.45) is -1.17.